The van der Waals surface area contributed by atoms with Gasteiger partial charge in [-0.25, -0.2) is 14.4 Å². The third-order valence-corrected chi connectivity index (χ3v) is 4.08. The van der Waals surface area contributed by atoms with Crippen LogP contribution in [0.3, 0.4) is 0 Å². The fraction of sp³-hybridized carbons (Fsp3) is 0.412. The summed E-state index contributed by atoms with van der Waals surface area (Å²) in [5, 5.41) is 6.87. The van der Waals surface area contributed by atoms with Gasteiger partial charge in [-0.2, -0.15) is 11.8 Å². The lowest BCUT2D eigenvalue weighted by Gasteiger charge is -2.16. The molecule has 0 aliphatic carbocycles. The summed E-state index contributed by atoms with van der Waals surface area (Å²) in [7, 11) is 0. The highest BCUT2D eigenvalue weighted by atomic mass is 32.2. The minimum atomic E-state index is -0.952. The molecule has 0 saturated carbocycles. The number of hydrogen-bond donors (Lipinski definition) is 4. The maximum atomic E-state index is 12.0. The van der Waals surface area contributed by atoms with Gasteiger partial charge in [-0.15, -0.1) is 0 Å². The largest absolute Gasteiger partial charge is 0.454 e. The number of anilines is 1. The molecule has 0 aliphatic heterocycles. The number of esters is 1. The van der Waals surface area contributed by atoms with Gasteiger partial charge >= 0.3 is 18.0 Å². The highest BCUT2D eigenvalue weighted by Crippen LogP contribution is 2.15. The molecule has 1 aromatic rings. The Labute approximate surface area is 161 Å². The van der Waals surface area contributed by atoms with Gasteiger partial charge in [0, 0.05) is 5.69 Å². The van der Waals surface area contributed by atoms with Crippen LogP contribution in [0.4, 0.5) is 15.3 Å². The number of nitrogens with two attached hydrogens (primary N) is 1. The first-order valence-corrected chi connectivity index (χ1v) is 9.52. The van der Waals surface area contributed by atoms with Crippen LogP contribution in [0.2, 0.25) is 0 Å². The number of hydrogen-bond acceptors (Lipinski definition) is 6. The van der Waals surface area contributed by atoms with Crippen LogP contribution in [0.15, 0.2) is 18.2 Å². The minimum absolute atomic E-state index is 0.303. The second kappa shape index (κ2) is 11.1. The van der Waals surface area contributed by atoms with E-state index in [1.807, 2.05) is 32.2 Å². The second-order valence-corrected chi connectivity index (χ2v) is 6.76. The molecule has 1 aromatic carbocycles. The molecule has 27 heavy (non-hydrogen) atoms. The highest BCUT2D eigenvalue weighted by Gasteiger charge is 2.22. The van der Waals surface area contributed by atoms with Crippen LogP contribution in [-0.2, 0) is 14.3 Å². The van der Waals surface area contributed by atoms with Crippen molar-refractivity contribution < 1.29 is 23.9 Å². The SMILES string of the molecule is CSCC[C@H](NC(N)=O)C(=O)OCC(=O)NC(=O)Nc1ccc(C)cc1C. The minimum Gasteiger partial charge on any atom is -0.454 e. The Kier molecular flexibility index (Phi) is 9.14. The summed E-state index contributed by atoms with van der Waals surface area (Å²) < 4.78 is 4.84. The molecule has 0 saturated heterocycles. The molecule has 10 heteroatoms. The zero-order chi connectivity index (χ0) is 20.4. The van der Waals surface area contributed by atoms with Crippen molar-refractivity contribution in [3.8, 4) is 0 Å². The molecule has 0 radical (unpaired) electrons. The zero-order valence-corrected chi connectivity index (χ0v) is 16.3. The van der Waals surface area contributed by atoms with Gasteiger partial charge in [0.25, 0.3) is 5.91 Å². The number of benzene rings is 1. The molecular formula is C17H24N4O5S. The van der Waals surface area contributed by atoms with E-state index in [9.17, 15) is 19.2 Å². The molecule has 0 aromatic heterocycles. The molecule has 0 fully saturated rings. The van der Waals surface area contributed by atoms with Crippen molar-refractivity contribution in [2.45, 2.75) is 26.3 Å². The number of rotatable bonds is 8. The number of urea groups is 2. The summed E-state index contributed by atoms with van der Waals surface area (Å²) in [6.07, 6.45) is 2.15. The number of ether oxygens (including phenoxy) is 1. The fourth-order valence-electron chi connectivity index (χ4n) is 2.16. The molecule has 0 heterocycles. The lowest BCUT2D eigenvalue weighted by atomic mass is 10.1. The molecule has 148 valence electrons. The van der Waals surface area contributed by atoms with E-state index in [0.29, 0.717) is 17.9 Å². The van der Waals surface area contributed by atoms with Gasteiger partial charge in [0.05, 0.1) is 0 Å². The molecule has 0 spiro atoms. The van der Waals surface area contributed by atoms with Gasteiger partial charge in [-0.3, -0.25) is 10.1 Å². The van der Waals surface area contributed by atoms with Crippen LogP contribution in [0, 0.1) is 13.8 Å². The monoisotopic (exact) mass is 396 g/mol. The predicted octanol–water partition coefficient (Wildman–Crippen LogP) is 1.28. The Hall–Kier alpha value is -2.75. The Morgan fingerprint density at radius 3 is 2.52 bits per heavy atom. The summed E-state index contributed by atoms with van der Waals surface area (Å²) in [5.74, 6) is -1.01. The Bertz CT molecular complexity index is 711. The lowest BCUT2D eigenvalue weighted by Crippen LogP contribution is -2.46. The molecule has 9 nitrogen and oxygen atoms in total. The number of imide groups is 1. The maximum absolute atomic E-state index is 12.0. The number of amides is 5. The van der Waals surface area contributed by atoms with E-state index in [1.54, 1.807) is 6.07 Å². The fourth-order valence-corrected chi connectivity index (χ4v) is 2.64. The average molecular weight is 396 g/mol. The number of nitrogens with one attached hydrogen (secondary N) is 3. The molecule has 0 aliphatic rings. The molecule has 5 amide bonds. The summed E-state index contributed by atoms with van der Waals surface area (Å²) in [5.41, 5.74) is 7.47. The van der Waals surface area contributed by atoms with Crippen molar-refractivity contribution in [1.29, 1.82) is 0 Å². The molecule has 1 atom stereocenters. The van der Waals surface area contributed by atoms with E-state index in [4.69, 9.17) is 10.5 Å². The summed E-state index contributed by atoms with van der Waals surface area (Å²) in [6.45, 7) is 3.09. The van der Waals surface area contributed by atoms with Crippen molar-refractivity contribution >= 4 is 41.4 Å². The lowest BCUT2D eigenvalue weighted by molar-refractivity contribution is -0.150. The van der Waals surface area contributed by atoms with Crippen LogP contribution in [0.5, 0.6) is 0 Å². The first-order valence-electron chi connectivity index (χ1n) is 8.12. The second-order valence-electron chi connectivity index (χ2n) is 5.77. The van der Waals surface area contributed by atoms with E-state index in [0.717, 1.165) is 11.1 Å². The van der Waals surface area contributed by atoms with Gasteiger partial charge in [-0.05, 0) is 43.9 Å². The van der Waals surface area contributed by atoms with Gasteiger partial charge in [0.1, 0.15) is 6.04 Å². The third kappa shape index (κ3) is 8.45. The standard InChI is InChI=1S/C17H24N4O5S/c1-10-4-5-12(11(2)8-10)20-17(25)21-14(22)9-26-15(23)13(6-7-27-3)19-16(18)24/h4-5,8,13H,6-7,9H2,1-3H3,(H3,18,19,24)(H2,20,21,22,25)/t13-/m0/s1. The number of aryl methyl sites for hydroxylation is 2. The molecular weight excluding hydrogens is 372 g/mol. The van der Waals surface area contributed by atoms with E-state index in [1.165, 1.54) is 11.8 Å². The van der Waals surface area contributed by atoms with Gasteiger partial charge in [0.15, 0.2) is 6.61 Å². The molecule has 5 N–H and O–H groups in total. The number of carbonyl (C=O) groups is 4. The van der Waals surface area contributed by atoms with Crippen molar-refractivity contribution in [2.75, 3.05) is 23.9 Å². The van der Waals surface area contributed by atoms with Crippen LogP contribution in [0.25, 0.3) is 0 Å². The van der Waals surface area contributed by atoms with Crippen LogP contribution < -0.4 is 21.7 Å². The summed E-state index contributed by atoms with van der Waals surface area (Å²) >= 11 is 1.48. The number of carbonyl (C=O) groups excluding carboxylic acids is 4. The highest BCUT2D eigenvalue weighted by molar-refractivity contribution is 7.98. The Morgan fingerprint density at radius 2 is 1.93 bits per heavy atom. The van der Waals surface area contributed by atoms with Gasteiger partial charge < -0.3 is 21.1 Å². The zero-order valence-electron chi connectivity index (χ0n) is 15.5. The van der Waals surface area contributed by atoms with Crippen molar-refractivity contribution in [1.82, 2.24) is 10.6 Å². The predicted molar refractivity (Wildman–Crippen MR) is 104 cm³/mol. The van der Waals surface area contributed by atoms with Crippen LogP contribution in [0.1, 0.15) is 17.5 Å². The number of primary amides is 1. The van der Waals surface area contributed by atoms with Crippen molar-refractivity contribution in [2.24, 2.45) is 5.73 Å². The first-order chi connectivity index (χ1) is 12.7. The Balaban J connectivity index is 2.49. The van der Waals surface area contributed by atoms with Gasteiger partial charge in [-0.1, -0.05) is 17.7 Å². The van der Waals surface area contributed by atoms with E-state index in [2.05, 4.69) is 16.0 Å². The van der Waals surface area contributed by atoms with E-state index in [-0.39, 0.29) is 0 Å². The molecule has 1 rings (SSSR count). The van der Waals surface area contributed by atoms with Crippen molar-refractivity contribution in [3.63, 3.8) is 0 Å². The van der Waals surface area contributed by atoms with Crippen LogP contribution >= 0.6 is 11.8 Å². The van der Waals surface area contributed by atoms with E-state index < -0.39 is 36.6 Å². The topological polar surface area (TPSA) is 140 Å². The quantitative estimate of drug-likeness (QED) is 0.488. The first kappa shape index (κ1) is 22.3. The van der Waals surface area contributed by atoms with Crippen LogP contribution in [-0.4, -0.2) is 48.6 Å². The maximum Gasteiger partial charge on any atom is 0.329 e. The molecule has 0 bridgehead atoms. The summed E-state index contributed by atoms with van der Waals surface area (Å²) in [4.78, 5) is 46.6. The normalized spacial score (nSPS) is 11.2. The van der Waals surface area contributed by atoms with E-state index >= 15 is 0 Å². The third-order valence-electron chi connectivity index (χ3n) is 3.44. The number of thioether (sulfide) groups is 1. The van der Waals surface area contributed by atoms with Crippen molar-refractivity contribution in [3.05, 3.63) is 29.3 Å². The smallest absolute Gasteiger partial charge is 0.329 e. The average Bonchev–Trinajstić information content (AvgIpc) is 2.58. The van der Waals surface area contributed by atoms with Gasteiger partial charge in [0.2, 0.25) is 0 Å². The molecule has 0 unspecified atom stereocenters. The Morgan fingerprint density at radius 1 is 1.22 bits per heavy atom. The summed E-state index contributed by atoms with van der Waals surface area (Å²) in [6, 6.07) is 2.88.